The van der Waals surface area contributed by atoms with Crippen molar-refractivity contribution in [3.05, 3.63) is 52.5 Å². The van der Waals surface area contributed by atoms with Crippen molar-refractivity contribution in [2.45, 2.75) is 31.5 Å². The average molecular weight is 465 g/mol. The number of halogens is 2. The van der Waals surface area contributed by atoms with E-state index in [9.17, 15) is 4.79 Å². The van der Waals surface area contributed by atoms with E-state index in [-0.39, 0.29) is 11.7 Å². The van der Waals surface area contributed by atoms with Crippen LogP contribution in [-0.4, -0.2) is 33.5 Å². The largest absolute Gasteiger partial charge is 0.497 e. The molecule has 0 aliphatic heterocycles. The molecule has 0 spiro atoms. The number of carbonyl (C=O) groups is 1. The lowest BCUT2D eigenvalue weighted by Crippen LogP contribution is -2.15. The minimum absolute atomic E-state index is 0.176. The Morgan fingerprint density at radius 3 is 2.63 bits per heavy atom. The maximum absolute atomic E-state index is 12.4. The molecule has 2 aromatic carbocycles. The monoisotopic (exact) mass is 464 g/mol. The van der Waals surface area contributed by atoms with Gasteiger partial charge in [-0.2, -0.15) is 0 Å². The normalized spacial score (nSPS) is 10.8. The average Bonchev–Trinajstić information content (AvgIpc) is 3.16. The van der Waals surface area contributed by atoms with Crippen LogP contribution in [0.25, 0.3) is 11.4 Å². The second-order valence-electron chi connectivity index (χ2n) is 6.48. The van der Waals surface area contributed by atoms with E-state index in [1.54, 1.807) is 25.3 Å². The Morgan fingerprint density at radius 2 is 1.93 bits per heavy atom. The predicted molar refractivity (Wildman–Crippen MR) is 123 cm³/mol. The third kappa shape index (κ3) is 5.47. The molecule has 0 saturated heterocycles. The Morgan fingerprint density at radius 1 is 1.17 bits per heavy atom. The first-order chi connectivity index (χ1) is 14.5. The number of rotatable bonds is 9. The van der Waals surface area contributed by atoms with Crippen molar-refractivity contribution in [1.29, 1.82) is 0 Å². The molecular weight excluding hydrogens is 443 g/mol. The third-order valence-electron chi connectivity index (χ3n) is 4.36. The van der Waals surface area contributed by atoms with Crippen LogP contribution in [-0.2, 0) is 11.3 Å². The molecule has 0 fully saturated rings. The van der Waals surface area contributed by atoms with Gasteiger partial charge >= 0.3 is 0 Å². The molecule has 158 valence electrons. The van der Waals surface area contributed by atoms with Crippen LogP contribution in [0.1, 0.15) is 19.8 Å². The number of unbranched alkanes of at least 4 members (excludes halogenated alkanes) is 1. The summed E-state index contributed by atoms with van der Waals surface area (Å²) in [5.41, 5.74) is 1.43. The number of methoxy groups -OCH3 is 1. The van der Waals surface area contributed by atoms with Gasteiger partial charge in [-0.05, 0) is 42.8 Å². The molecule has 0 aliphatic rings. The summed E-state index contributed by atoms with van der Waals surface area (Å²) in [7, 11) is 1.63. The number of thioether (sulfide) groups is 1. The quantitative estimate of drug-likeness (QED) is 0.405. The Balaban J connectivity index is 1.73. The van der Waals surface area contributed by atoms with E-state index < -0.39 is 0 Å². The van der Waals surface area contributed by atoms with Crippen LogP contribution in [0.4, 0.5) is 5.69 Å². The number of carbonyl (C=O) groups excluding carboxylic acids is 1. The van der Waals surface area contributed by atoms with Gasteiger partial charge in [-0.15, -0.1) is 10.2 Å². The van der Waals surface area contributed by atoms with Crippen LogP contribution < -0.4 is 10.1 Å². The first-order valence-electron chi connectivity index (χ1n) is 9.47. The van der Waals surface area contributed by atoms with Gasteiger partial charge < -0.3 is 14.6 Å². The summed E-state index contributed by atoms with van der Waals surface area (Å²) in [6.45, 7) is 2.90. The van der Waals surface area contributed by atoms with E-state index >= 15 is 0 Å². The van der Waals surface area contributed by atoms with E-state index in [0.29, 0.717) is 20.9 Å². The van der Waals surface area contributed by atoms with E-state index in [1.165, 1.54) is 11.8 Å². The van der Waals surface area contributed by atoms with Gasteiger partial charge in [0.05, 0.1) is 28.6 Å². The molecule has 9 heteroatoms. The van der Waals surface area contributed by atoms with Crippen LogP contribution in [0, 0.1) is 0 Å². The molecule has 0 radical (unpaired) electrons. The summed E-state index contributed by atoms with van der Waals surface area (Å²) in [6.07, 6.45) is 2.02. The van der Waals surface area contributed by atoms with Crippen LogP contribution in [0.2, 0.25) is 10.0 Å². The Hall–Kier alpha value is -2.22. The summed E-state index contributed by atoms with van der Waals surface area (Å²) in [5, 5.41) is 12.9. The highest BCUT2D eigenvalue weighted by Crippen LogP contribution is 2.30. The lowest BCUT2D eigenvalue weighted by Gasteiger charge is -2.11. The van der Waals surface area contributed by atoms with Gasteiger partial charge in [0, 0.05) is 12.1 Å². The molecule has 30 heavy (non-hydrogen) atoms. The fourth-order valence-electron chi connectivity index (χ4n) is 2.78. The van der Waals surface area contributed by atoms with Gasteiger partial charge in [0.2, 0.25) is 5.91 Å². The van der Waals surface area contributed by atoms with Gasteiger partial charge in [-0.1, -0.05) is 54.4 Å². The van der Waals surface area contributed by atoms with Crippen molar-refractivity contribution in [2.75, 3.05) is 18.2 Å². The minimum atomic E-state index is -0.194. The molecule has 3 rings (SSSR count). The SMILES string of the molecule is CCCCn1c(SCC(=O)Nc2cccc(Cl)c2Cl)nnc1-c1ccc(OC)cc1. The molecule has 1 N–H and O–H groups in total. The van der Waals surface area contributed by atoms with Crippen LogP contribution in [0.15, 0.2) is 47.6 Å². The zero-order valence-corrected chi connectivity index (χ0v) is 19.0. The van der Waals surface area contributed by atoms with E-state index in [0.717, 1.165) is 36.5 Å². The first-order valence-corrected chi connectivity index (χ1v) is 11.2. The maximum atomic E-state index is 12.4. The third-order valence-corrected chi connectivity index (χ3v) is 6.14. The smallest absolute Gasteiger partial charge is 0.234 e. The van der Waals surface area contributed by atoms with E-state index in [2.05, 4.69) is 27.0 Å². The number of hydrogen-bond donors (Lipinski definition) is 1. The fourth-order valence-corrected chi connectivity index (χ4v) is 3.90. The number of benzene rings is 2. The maximum Gasteiger partial charge on any atom is 0.234 e. The number of nitrogens with one attached hydrogen (secondary N) is 1. The van der Waals surface area contributed by atoms with Crippen molar-refractivity contribution in [1.82, 2.24) is 14.8 Å². The van der Waals surface area contributed by atoms with Crippen molar-refractivity contribution < 1.29 is 9.53 Å². The van der Waals surface area contributed by atoms with E-state index in [1.807, 2.05) is 24.3 Å². The highest BCUT2D eigenvalue weighted by Gasteiger charge is 2.16. The molecular formula is C21H22Cl2N4O2S. The minimum Gasteiger partial charge on any atom is -0.497 e. The van der Waals surface area contributed by atoms with Gasteiger partial charge in [-0.25, -0.2) is 0 Å². The lowest BCUT2D eigenvalue weighted by atomic mass is 10.2. The van der Waals surface area contributed by atoms with Crippen LogP contribution in [0.5, 0.6) is 5.75 Å². The number of anilines is 1. The van der Waals surface area contributed by atoms with Gasteiger partial charge in [0.25, 0.3) is 0 Å². The molecule has 1 aromatic heterocycles. The molecule has 0 aliphatic carbocycles. The summed E-state index contributed by atoms with van der Waals surface area (Å²) in [5.74, 6) is 1.53. The fraction of sp³-hybridized carbons (Fsp3) is 0.286. The number of hydrogen-bond acceptors (Lipinski definition) is 5. The van der Waals surface area contributed by atoms with E-state index in [4.69, 9.17) is 27.9 Å². The Labute approximate surface area is 189 Å². The lowest BCUT2D eigenvalue weighted by molar-refractivity contribution is -0.113. The molecule has 1 amide bonds. The van der Waals surface area contributed by atoms with Crippen LogP contribution >= 0.6 is 35.0 Å². The van der Waals surface area contributed by atoms with Crippen molar-refractivity contribution in [3.8, 4) is 17.1 Å². The zero-order valence-electron chi connectivity index (χ0n) is 16.7. The molecule has 0 saturated carbocycles. The summed E-state index contributed by atoms with van der Waals surface area (Å²) < 4.78 is 7.28. The predicted octanol–water partition coefficient (Wildman–Crippen LogP) is 5.79. The highest BCUT2D eigenvalue weighted by molar-refractivity contribution is 7.99. The topological polar surface area (TPSA) is 69.0 Å². The molecule has 6 nitrogen and oxygen atoms in total. The van der Waals surface area contributed by atoms with Crippen molar-refractivity contribution in [2.24, 2.45) is 0 Å². The number of ether oxygens (including phenoxy) is 1. The Kier molecular flexibility index (Phi) is 8.01. The molecule has 0 atom stereocenters. The van der Waals surface area contributed by atoms with Gasteiger partial charge in [-0.3, -0.25) is 4.79 Å². The summed E-state index contributed by atoms with van der Waals surface area (Å²) in [6, 6.07) is 12.8. The van der Waals surface area contributed by atoms with Gasteiger partial charge in [0.15, 0.2) is 11.0 Å². The zero-order chi connectivity index (χ0) is 21.5. The molecule has 1 heterocycles. The van der Waals surface area contributed by atoms with Crippen molar-refractivity contribution in [3.63, 3.8) is 0 Å². The second kappa shape index (κ2) is 10.7. The van der Waals surface area contributed by atoms with Gasteiger partial charge in [0.1, 0.15) is 5.75 Å². The number of aromatic nitrogens is 3. The first kappa shape index (κ1) is 22.5. The standard InChI is InChI=1S/C21H22Cl2N4O2S/c1-3-4-12-27-20(14-8-10-15(29-2)11-9-14)25-26-21(27)30-13-18(28)24-17-7-5-6-16(22)19(17)23/h5-11H,3-4,12-13H2,1-2H3,(H,24,28). The molecule has 0 bridgehead atoms. The van der Waals surface area contributed by atoms with Crippen LogP contribution in [0.3, 0.4) is 0 Å². The number of amides is 1. The van der Waals surface area contributed by atoms with Crippen molar-refractivity contribution >= 4 is 46.6 Å². The summed E-state index contributed by atoms with van der Waals surface area (Å²) in [4.78, 5) is 12.4. The summed E-state index contributed by atoms with van der Waals surface area (Å²) >= 11 is 13.5. The molecule has 3 aromatic rings. The second-order valence-corrected chi connectivity index (χ2v) is 8.21. The Bertz CT molecular complexity index is 1010. The molecule has 0 unspecified atom stereocenters. The highest BCUT2D eigenvalue weighted by atomic mass is 35.5. The number of nitrogens with zero attached hydrogens (tertiary/aromatic N) is 3.